The minimum absolute atomic E-state index is 0.00971. The van der Waals surface area contributed by atoms with Crippen molar-refractivity contribution in [2.24, 2.45) is 0 Å². The lowest BCUT2D eigenvalue weighted by Gasteiger charge is -2.11. The summed E-state index contributed by atoms with van der Waals surface area (Å²) in [5, 5.41) is 0. The van der Waals surface area contributed by atoms with Crippen LogP contribution in [-0.2, 0) is 26.0 Å². The Labute approximate surface area is 137 Å². The van der Waals surface area contributed by atoms with E-state index >= 15 is 0 Å². The van der Waals surface area contributed by atoms with Gasteiger partial charge in [0.1, 0.15) is 0 Å². The molecule has 0 fully saturated rings. The first kappa shape index (κ1) is 18.3. The topological polar surface area (TPSA) is 80.3 Å². The minimum Gasteiger partial charge on any atom is -0.280 e. The molecule has 1 N–H and O–H groups in total. The van der Waals surface area contributed by atoms with Crippen molar-refractivity contribution >= 4 is 25.5 Å². The molecule has 0 aliphatic carbocycles. The van der Waals surface area contributed by atoms with E-state index in [9.17, 15) is 30.0 Å². The Kier molecular flexibility index (Phi) is 4.64. The summed E-state index contributed by atoms with van der Waals surface area (Å²) >= 11 is 0. The molecule has 0 aromatic heterocycles. The van der Waals surface area contributed by atoms with Crippen LogP contribution in [0.15, 0.2) is 58.3 Å². The van der Waals surface area contributed by atoms with Gasteiger partial charge in [-0.05, 0) is 42.5 Å². The molecule has 2 aromatic rings. The molecule has 130 valence electrons. The Hall–Kier alpha value is -2.07. The number of sulfone groups is 1. The minimum atomic E-state index is -4.66. The van der Waals surface area contributed by atoms with Gasteiger partial charge in [0.15, 0.2) is 9.84 Å². The fourth-order valence-electron chi connectivity index (χ4n) is 1.82. The van der Waals surface area contributed by atoms with Crippen LogP contribution in [0.1, 0.15) is 5.56 Å². The molecule has 0 amide bonds. The lowest BCUT2D eigenvalue weighted by molar-refractivity contribution is -0.137. The van der Waals surface area contributed by atoms with Crippen LogP contribution in [0.5, 0.6) is 0 Å². The van der Waals surface area contributed by atoms with E-state index in [1.54, 1.807) is 0 Å². The number of sulfonamides is 1. The van der Waals surface area contributed by atoms with Gasteiger partial charge >= 0.3 is 6.18 Å². The van der Waals surface area contributed by atoms with E-state index in [4.69, 9.17) is 0 Å². The van der Waals surface area contributed by atoms with Crippen LogP contribution in [0.3, 0.4) is 0 Å². The van der Waals surface area contributed by atoms with Gasteiger partial charge in [0.25, 0.3) is 10.0 Å². The van der Waals surface area contributed by atoms with Gasteiger partial charge in [-0.1, -0.05) is 6.07 Å². The van der Waals surface area contributed by atoms with E-state index in [0.717, 1.165) is 24.5 Å². The van der Waals surface area contributed by atoms with Gasteiger partial charge in [-0.3, -0.25) is 4.72 Å². The van der Waals surface area contributed by atoms with E-state index in [1.807, 2.05) is 0 Å². The molecule has 5 nitrogen and oxygen atoms in total. The van der Waals surface area contributed by atoms with Gasteiger partial charge in [-0.25, -0.2) is 16.8 Å². The quantitative estimate of drug-likeness (QED) is 0.886. The number of rotatable bonds is 4. The number of alkyl halides is 3. The van der Waals surface area contributed by atoms with Crippen LogP contribution >= 0.6 is 0 Å². The third-order valence-electron chi connectivity index (χ3n) is 3.01. The van der Waals surface area contributed by atoms with Gasteiger partial charge in [0.2, 0.25) is 0 Å². The maximum absolute atomic E-state index is 12.7. The zero-order valence-corrected chi connectivity index (χ0v) is 13.8. The van der Waals surface area contributed by atoms with Crippen LogP contribution in [0, 0.1) is 0 Å². The number of benzene rings is 2. The fourth-order valence-corrected chi connectivity index (χ4v) is 3.56. The Balaban J connectivity index is 2.32. The molecule has 0 saturated heterocycles. The first-order chi connectivity index (χ1) is 10.9. The third kappa shape index (κ3) is 4.26. The lowest BCUT2D eigenvalue weighted by Crippen LogP contribution is -2.14. The van der Waals surface area contributed by atoms with Gasteiger partial charge in [0, 0.05) is 11.9 Å². The highest BCUT2D eigenvalue weighted by molar-refractivity contribution is 7.92. The summed E-state index contributed by atoms with van der Waals surface area (Å²) in [5.74, 6) is 0. The highest BCUT2D eigenvalue weighted by Crippen LogP contribution is 2.30. The molecule has 24 heavy (non-hydrogen) atoms. The second-order valence-corrected chi connectivity index (χ2v) is 8.63. The maximum atomic E-state index is 12.7. The molecule has 0 saturated carbocycles. The normalized spacial score (nSPS) is 12.8. The van der Waals surface area contributed by atoms with Gasteiger partial charge in [-0.15, -0.1) is 0 Å². The molecule has 2 rings (SSSR count). The van der Waals surface area contributed by atoms with Crippen LogP contribution in [0.25, 0.3) is 0 Å². The summed E-state index contributed by atoms with van der Waals surface area (Å²) in [4.78, 5) is -0.561. The molecular weight excluding hydrogens is 367 g/mol. The molecule has 10 heteroatoms. The smallest absolute Gasteiger partial charge is 0.280 e. The van der Waals surface area contributed by atoms with Crippen molar-refractivity contribution in [3.05, 3.63) is 54.1 Å². The van der Waals surface area contributed by atoms with Gasteiger partial charge in [0.05, 0.1) is 15.4 Å². The summed E-state index contributed by atoms with van der Waals surface area (Å²) < 4.78 is 87.1. The van der Waals surface area contributed by atoms with Gasteiger partial charge in [-0.2, -0.15) is 13.2 Å². The Morgan fingerprint density at radius 1 is 0.875 bits per heavy atom. The molecule has 0 bridgehead atoms. The average molecular weight is 379 g/mol. The van der Waals surface area contributed by atoms with Crippen molar-refractivity contribution < 1.29 is 30.0 Å². The first-order valence-corrected chi connectivity index (χ1v) is 9.77. The van der Waals surface area contributed by atoms with Crippen molar-refractivity contribution in [2.45, 2.75) is 16.0 Å². The molecule has 0 radical (unpaired) electrons. The predicted octanol–water partition coefficient (Wildman–Crippen LogP) is 2.91. The SMILES string of the molecule is CS(=O)(=O)c1ccc(NS(=O)(=O)c2cccc(C(F)(F)F)c2)cc1. The highest BCUT2D eigenvalue weighted by atomic mass is 32.2. The number of nitrogens with one attached hydrogen (secondary N) is 1. The van der Waals surface area contributed by atoms with Gasteiger partial charge < -0.3 is 0 Å². The monoisotopic (exact) mass is 379 g/mol. The molecule has 0 spiro atoms. The highest BCUT2D eigenvalue weighted by Gasteiger charge is 2.31. The number of anilines is 1. The van der Waals surface area contributed by atoms with Crippen LogP contribution in [0.2, 0.25) is 0 Å². The standard InChI is InChI=1S/C14H12F3NO4S2/c1-23(19,20)12-7-5-11(6-8-12)18-24(21,22)13-4-2-3-10(9-13)14(15,16)17/h2-9,18H,1H3. The van der Waals surface area contributed by atoms with Crippen LogP contribution < -0.4 is 4.72 Å². The first-order valence-electron chi connectivity index (χ1n) is 6.40. The van der Waals surface area contributed by atoms with Crippen molar-refractivity contribution in [1.82, 2.24) is 0 Å². The summed E-state index contributed by atoms with van der Waals surface area (Å²) in [5.41, 5.74) is -1.06. The number of halogens is 3. The Bertz CT molecular complexity index is 950. The van der Waals surface area contributed by atoms with Crippen LogP contribution in [-0.4, -0.2) is 23.1 Å². The van der Waals surface area contributed by atoms with E-state index in [0.29, 0.717) is 6.07 Å². The zero-order valence-electron chi connectivity index (χ0n) is 12.2. The van der Waals surface area contributed by atoms with Crippen molar-refractivity contribution in [1.29, 1.82) is 0 Å². The van der Waals surface area contributed by atoms with Crippen molar-refractivity contribution in [2.75, 3.05) is 11.0 Å². The third-order valence-corrected chi connectivity index (χ3v) is 5.51. The summed E-state index contributed by atoms with van der Waals surface area (Å²) in [6.45, 7) is 0. The Morgan fingerprint density at radius 2 is 1.46 bits per heavy atom. The Morgan fingerprint density at radius 3 is 1.96 bits per heavy atom. The second kappa shape index (κ2) is 6.10. The fraction of sp³-hybridized carbons (Fsp3) is 0.143. The van der Waals surface area contributed by atoms with E-state index in [2.05, 4.69) is 4.72 Å². The summed E-state index contributed by atoms with van der Waals surface area (Å²) in [6.07, 6.45) is -3.67. The number of hydrogen-bond donors (Lipinski definition) is 1. The maximum Gasteiger partial charge on any atom is 0.416 e. The predicted molar refractivity (Wildman–Crippen MR) is 81.8 cm³/mol. The molecule has 0 unspecified atom stereocenters. The van der Waals surface area contributed by atoms with E-state index < -0.39 is 36.5 Å². The van der Waals surface area contributed by atoms with E-state index in [1.165, 1.54) is 24.3 Å². The van der Waals surface area contributed by atoms with Crippen LogP contribution in [0.4, 0.5) is 18.9 Å². The summed E-state index contributed by atoms with van der Waals surface area (Å²) in [7, 11) is -7.68. The van der Waals surface area contributed by atoms with Crippen molar-refractivity contribution in [3.63, 3.8) is 0 Å². The summed E-state index contributed by atoms with van der Waals surface area (Å²) in [6, 6.07) is 8.11. The molecular formula is C14H12F3NO4S2. The average Bonchev–Trinajstić information content (AvgIpc) is 2.46. The lowest BCUT2D eigenvalue weighted by atomic mass is 10.2. The van der Waals surface area contributed by atoms with Crippen molar-refractivity contribution in [3.8, 4) is 0 Å². The number of hydrogen-bond acceptors (Lipinski definition) is 4. The molecule has 2 aromatic carbocycles. The van der Waals surface area contributed by atoms with E-state index in [-0.39, 0.29) is 10.6 Å². The molecule has 0 atom stereocenters. The molecule has 0 aliphatic rings. The second-order valence-electron chi connectivity index (χ2n) is 4.93. The largest absolute Gasteiger partial charge is 0.416 e. The zero-order chi connectivity index (χ0) is 18.2. The molecule has 0 aliphatic heterocycles. The molecule has 0 heterocycles.